The molecule has 0 aliphatic heterocycles. The van der Waals surface area contributed by atoms with Crippen molar-refractivity contribution in [1.29, 1.82) is 0 Å². The highest BCUT2D eigenvalue weighted by molar-refractivity contribution is 7.92. The third-order valence-corrected chi connectivity index (χ3v) is 9.53. The van der Waals surface area contributed by atoms with E-state index in [4.69, 9.17) is 11.6 Å². The maximum atomic E-state index is 14.5. The van der Waals surface area contributed by atoms with E-state index >= 15 is 0 Å². The van der Waals surface area contributed by atoms with Crippen molar-refractivity contribution in [2.24, 2.45) is 0 Å². The Balaban J connectivity index is 1.82. The average molecular weight is 632 g/mol. The molecule has 4 aromatic rings. The van der Waals surface area contributed by atoms with Gasteiger partial charge in [-0.3, -0.25) is 13.9 Å². The minimum absolute atomic E-state index is 0.0580. The molecule has 1 atom stereocenters. The summed E-state index contributed by atoms with van der Waals surface area (Å²) in [5.74, 6) is -0.826. The molecular weight excluding hydrogens is 594 g/mol. The van der Waals surface area contributed by atoms with Gasteiger partial charge in [-0.2, -0.15) is 0 Å². The average Bonchev–Trinajstić information content (AvgIpc) is 3.02. The van der Waals surface area contributed by atoms with Gasteiger partial charge in [0.1, 0.15) is 12.6 Å². The second-order valence-electron chi connectivity index (χ2n) is 10.7. The predicted octanol–water partition coefficient (Wildman–Crippen LogP) is 6.32. The van der Waals surface area contributed by atoms with Crippen LogP contribution in [0.15, 0.2) is 108 Å². The molecule has 4 aromatic carbocycles. The number of amides is 2. The van der Waals surface area contributed by atoms with Crippen LogP contribution in [0.5, 0.6) is 0 Å². The number of sulfonamides is 1. The van der Waals surface area contributed by atoms with Crippen molar-refractivity contribution >= 4 is 39.1 Å². The molecule has 1 unspecified atom stereocenters. The summed E-state index contributed by atoms with van der Waals surface area (Å²) in [6, 6.07) is 29.1. The molecule has 0 heterocycles. The first-order chi connectivity index (χ1) is 21.1. The fraction of sp³-hybridized carbons (Fsp3) is 0.257. The quantitative estimate of drug-likeness (QED) is 0.187. The lowest BCUT2D eigenvalue weighted by molar-refractivity contribution is -0.140. The summed E-state index contributed by atoms with van der Waals surface area (Å²) in [7, 11) is -4.16. The van der Waals surface area contributed by atoms with Gasteiger partial charge in [0.2, 0.25) is 11.8 Å². The molecule has 0 aliphatic rings. The first-order valence-electron chi connectivity index (χ1n) is 14.6. The van der Waals surface area contributed by atoms with Crippen molar-refractivity contribution in [1.82, 2.24) is 10.2 Å². The normalized spacial score (nSPS) is 11.9. The first kappa shape index (κ1) is 32.8. The van der Waals surface area contributed by atoms with E-state index in [1.54, 1.807) is 48.5 Å². The van der Waals surface area contributed by atoms with E-state index in [-0.39, 0.29) is 23.8 Å². The lowest BCUT2D eigenvalue weighted by atomic mass is 10.0. The molecule has 9 heteroatoms. The molecule has 2 amide bonds. The van der Waals surface area contributed by atoms with Crippen molar-refractivity contribution in [3.05, 3.63) is 130 Å². The molecule has 0 bridgehead atoms. The van der Waals surface area contributed by atoms with Crippen LogP contribution in [0.1, 0.15) is 35.6 Å². The minimum Gasteiger partial charge on any atom is -0.354 e. The highest BCUT2D eigenvalue weighted by Gasteiger charge is 2.35. The van der Waals surface area contributed by atoms with Crippen LogP contribution < -0.4 is 9.62 Å². The number of aryl methyl sites for hydroxylation is 1. The summed E-state index contributed by atoms with van der Waals surface area (Å²) in [5.41, 5.74) is 3.62. The smallest absolute Gasteiger partial charge is 0.264 e. The van der Waals surface area contributed by atoms with Gasteiger partial charge in [-0.25, -0.2) is 8.42 Å². The fourth-order valence-corrected chi connectivity index (χ4v) is 6.70. The zero-order valence-electron chi connectivity index (χ0n) is 25.2. The van der Waals surface area contributed by atoms with Gasteiger partial charge in [-0.15, -0.1) is 0 Å². The number of hydrogen-bond donors (Lipinski definition) is 1. The maximum absolute atomic E-state index is 14.5. The molecule has 0 spiro atoms. The summed E-state index contributed by atoms with van der Waals surface area (Å²) in [6.45, 7) is 5.69. The number of anilines is 1. The van der Waals surface area contributed by atoms with E-state index in [9.17, 15) is 18.0 Å². The highest BCUT2D eigenvalue weighted by Crippen LogP contribution is 2.29. The topological polar surface area (TPSA) is 86.8 Å². The maximum Gasteiger partial charge on any atom is 0.264 e. The largest absolute Gasteiger partial charge is 0.354 e. The van der Waals surface area contributed by atoms with Crippen LogP contribution in [0.4, 0.5) is 5.69 Å². The molecule has 0 aromatic heterocycles. The summed E-state index contributed by atoms with van der Waals surface area (Å²) in [4.78, 5) is 29.8. The number of benzene rings is 4. The molecule has 1 N–H and O–H groups in total. The van der Waals surface area contributed by atoms with E-state index in [2.05, 4.69) is 5.32 Å². The van der Waals surface area contributed by atoms with E-state index < -0.39 is 28.5 Å². The first-order valence-corrected chi connectivity index (χ1v) is 16.4. The Hall–Kier alpha value is -4.14. The third-order valence-electron chi connectivity index (χ3n) is 7.52. The molecule has 0 aliphatic carbocycles. The Bertz CT molecular complexity index is 1680. The van der Waals surface area contributed by atoms with Crippen LogP contribution in [-0.4, -0.2) is 44.3 Å². The number of nitrogens with one attached hydrogen (secondary N) is 1. The van der Waals surface area contributed by atoms with Gasteiger partial charge < -0.3 is 10.2 Å². The molecule has 44 heavy (non-hydrogen) atoms. The fourth-order valence-electron chi connectivity index (χ4n) is 4.99. The van der Waals surface area contributed by atoms with E-state index in [0.717, 1.165) is 33.0 Å². The van der Waals surface area contributed by atoms with E-state index in [1.165, 1.54) is 17.0 Å². The predicted molar refractivity (Wildman–Crippen MR) is 176 cm³/mol. The minimum atomic E-state index is -4.16. The number of rotatable bonds is 13. The zero-order chi connectivity index (χ0) is 31.7. The van der Waals surface area contributed by atoms with Crippen molar-refractivity contribution in [3.8, 4) is 0 Å². The third kappa shape index (κ3) is 8.07. The Labute approximate surface area is 265 Å². The van der Waals surface area contributed by atoms with Gasteiger partial charge >= 0.3 is 0 Å². The van der Waals surface area contributed by atoms with Gasteiger partial charge in [0.25, 0.3) is 10.0 Å². The monoisotopic (exact) mass is 631 g/mol. The van der Waals surface area contributed by atoms with Gasteiger partial charge in [0, 0.05) is 24.5 Å². The lowest BCUT2D eigenvalue weighted by Gasteiger charge is -2.34. The summed E-state index contributed by atoms with van der Waals surface area (Å²) < 4.78 is 29.5. The van der Waals surface area contributed by atoms with E-state index in [0.29, 0.717) is 17.3 Å². The zero-order valence-corrected chi connectivity index (χ0v) is 26.8. The molecule has 0 saturated carbocycles. The van der Waals surface area contributed by atoms with Gasteiger partial charge in [-0.05, 0) is 72.9 Å². The van der Waals surface area contributed by atoms with Crippen molar-refractivity contribution in [3.63, 3.8) is 0 Å². The second-order valence-corrected chi connectivity index (χ2v) is 13.0. The van der Waals surface area contributed by atoms with Crippen molar-refractivity contribution in [2.75, 3.05) is 17.4 Å². The van der Waals surface area contributed by atoms with Crippen LogP contribution in [0.2, 0.25) is 5.02 Å². The summed E-state index contributed by atoms with van der Waals surface area (Å²) >= 11 is 6.30. The van der Waals surface area contributed by atoms with Gasteiger partial charge in [0.05, 0.1) is 10.6 Å². The second kappa shape index (κ2) is 15.0. The summed E-state index contributed by atoms with van der Waals surface area (Å²) in [5, 5.41) is 3.45. The number of nitrogens with zero attached hydrogens (tertiary/aromatic N) is 2. The van der Waals surface area contributed by atoms with Crippen LogP contribution in [0.25, 0.3) is 0 Å². The number of halogens is 1. The SMILES string of the molecule is CCCNC(=O)C(Cc1ccccc1)N(Cc1cccc(Cl)c1)C(=O)CN(c1cccc(C)c1C)S(=O)(=O)c1ccccc1. The van der Waals surface area contributed by atoms with Crippen LogP contribution in [0, 0.1) is 13.8 Å². The van der Waals surface area contributed by atoms with Crippen LogP contribution in [0.3, 0.4) is 0 Å². The van der Waals surface area contributed by atoms with Crippen molar-refractivity contribution in [2.45, 2.75) is 51.1 Å². The molecule has 0 fully saturated rings. The van der Waals surface area contributed by atoms with Crippen molar-refractivity contribution < 1.29 is 18.0 Å². The van der Waals surface area contributed by atoms with Gasteiger partial charge in [-0.1, -0.05) is 91.3 Å². The van der Waals surface area contributed by atoms with Crippen LogP contribution >= 0.6 is 11.6 Å². The van der Waals surface area contributed by atoms with Crippen LogP contribution in [-0.2, 0) is 32.6 Å². The number of hydrogen-bond acceptors (Lipinski definition) is 4. The Morgan fingerprint density at radius 3 is 2.14 bits per heavy atom. The number of carbonyl (C=O) groups is 2. The molecule has 0 saturated heterocycles. The summed E-state index contributed by atoms with van der Waals surface area (Å²) in [6.07, 6.45) is 0.972. The molecule has 230 valence electrons. The highest BCUT2D eigenvalue weighted by atomic mass is 35.5. The van der Waals surface area contributed by atoms with E-state index in [1.807, 2.05) is 63.2 Å². The molecule has 4 rings (SSSR count). The molecular formula is C35H38ClN3O4S. The standard InChI is InChI=1S/C35H38ClN3O4S/c1-4-21-37-35(41)33(23-28-14-7-5-8-15-28)38(24-29-16-12-17-30(36)22-29)34(40)25-39(32-20-11-13-26(2)27(32)3)44(42,43)31-18-9-6-10-19-31/h5-20,22,33H,4,21,23-25H2,1-3H3,(H,37,41). The molecule has 7 nitrogen and oxygen atoms in total. The lowest BCUT2D eigenvalue weighted by Crippen LogP contribution is -2.53. The number of carbonyl (C=O) groups excluding carboxylic acids is 2. The molecule has 0 radical (unpaired) electrons. The Kier molecular flexibility index (Phi) is 11.2. The van der Waals surface area contributed by atoms with Gasteiger partial charge in [0.15, 0.2) is 0 Å². The Morgan fingerprint density at radius 1 is 0.841 bits per heavy atom. The Morgan fingerprint density at radius 2 is 1.48 bits per heavy atom.